The van der Waals surface area contributed by atoms with Crippen molar-refractivity contribution in [3.05, 3.63) is 35.7 Å². The average Bonchev–Trinajstić information content (AvgIpc) is 2.36. The normalized spacial score (nSPS) is 11.8. The number of carbonyl (C=O) groups excluding carboxylic acids is 1. The Morgan fingerprint density at radius 2 is 2.05 bits per heavy atom. The van der Waals surface area contributed by atoms with Crippen LogP contribution in [0.15, 0.2) is 24.3 Å². The van der Waals surface area contributed by atoms with E-state index in [0.717, 1.165) is 6.08 Å². The monoisotopic (exact) mass is 369 g/mol. The molecule has 0 saturated heterocycles. The van der Waals surface area contributed by atoms with Crippen LogP contribution in [0.2, 0.25) is 6.04 Å². The van der Waals surface area contributed by atoms with E-state index in [1.165, 1.54) is 18.2 Å². The minimum atomic E-state index is -2.60. The zero-order chi connectivity index (χ0) is 15.9. The number of aliphatic carboxylic acids is 1. The SMILES string of the molecule is O=C([O-])/C=C/c1ccc(OCCCC[Si](Cl)(Cl)Cl)c(F)c1. The van der Waals surface area contributed by atoms with Gasteiger partial charge in [0, 0.05) is 0 Å². The summed E-state index contributed by atoms with van der Waals surface area (Å²) < 4.78 is 19.0. The number of carbonyl (C=O) groups is 1. The van der Waals surface area contributed by atoms with Crippen LogP contribution in [0.1, 0.15) is 18.4 Å². The van der Waals surface area contributed by atoms with E-state index in [0.29, 0.717) is 31.1 Å². The average molecular weight is 371 g/mol. The minimum Gasteiger partial charge on any atom is -0.545 e. The largest absolute Gasteiger partial charge is 0.545 e. The highest BCUT2D eigenvalue weighted by Gasteiger charge is 2.23. The van der Waals surface area contributed by atoms with Crippen molar-refractivity contribution in [3.8, 4) is 5.75 Å². The van der Waals surface area contributed by atoms with Crippen molar-refractivity contribution < 1.29 is 19.0 Å². The first-order chi connectivity index (χ1) is 9.78. The molecular formula is C13H13Cl3FO3Si-. The lowest BCUT2D eigenvalue weighted by Gasteiger charge is -2.09. The quantitative estimate of drug-likeness (QED) is 0.305. The Hall–Kier alpha value is -0.753. The van der Waals surface area contributed by atoms with Gasteiger partial charge in [-0.25, -0.2) is 4.39 Å². The zero-order valence-electron chi connectivity index (χ0n) is 11.0. The molecule has 21 heavy (non-hydrogen) atoms. The third-order valence-electron chi connectivity index (χ3n) is 2.48. The summed E-state index contributed by atoms with van der Waals surface area (Å²) in [5.41, 5.74) is 0.409. The topological polar surface area (TPSA) is 49.4 Å². The summed E-state index contributed by atoms with van der Waals surface area (Å²) >= 11 is 17.2. The van der Waals surface area contributed by atoms with E-state index in [4.69, 9.17) is 38.0 Å². The highest BCUT2D eigenvalue weighted by Crippen LogP contribution is 2.27. The lowest BCUT2D eigenvalue weighted by molar-refractivity contribution is -0.297. The van der Waals surface area contributed by atoms with Crippen molar-refractivity contribution in [1.29, 1.82) is 0 Å². The second-order valence-electron chi connectivity index (χ2n) is 4.26. The Morgan fingerprint density at radius 1 is 1.33 bits per heavy atom. The van der Waals surface area contributed by atoms with Crippen LogP contribution in [-0.4, -0.2) is 18.6 Å². The second-order valence-corrected chi connectivity index (χ2v) is 13.5. The molecule has 1 aromatic carbocycles. The van der Waals surface area contributed by atoms with Crippen LogP contribution in [-0.2, 0) is 4.79 Å². The summed E-state index contributed by atoms with van der Waals surface area (Å²) in [5.74, 6) is -1.80. The fourth-order valence-corrected chi connectivity index (χ4v) is 3.37. The highest BCUT2D eigenvalue weighted by molar-refractivity contribution is 7.64. The molecule has 0 radical (unpaired) electrons. The molecule has 3 nitrogen and oxygen atoms in total. The number of carboxylic acids is 1. The summed E-state index contributed by atoms with van der Waals surface area (Å²) in [6, 6.07) is 2.11. The molecule has 0 aliphatic heterocycles. The molecule has 116 valence electrons. The Bertz CT molecular complexity index is 518. The van der Waals surface area contributed by atoms with Crippen molar-refractivity contribution >= 4 is 51.3 Å². The number of ether oxygens (including phenoxy) is 1. The number of hydrogen-bond acceptors (Lipinski definition) is 3. The van der Waals surface area contributed by atoms with Gasteiger partial charge in [0.1, 0.15) is 0 Å². The number of hydrogen-bond donors (Lipinski definition) is 0. The van der Waals surface area contributed by atoms with Crippen molar-refractivity contribution in [1.82, 2.24) is 0 Å². The van der Waals surface area contributed by atoms with Gasteiger partial charge in [-0.2, -0.15) is 0 Å². The first-order valence-corrected chi connectivity index (χ1v) is 11.4. The number of benzene rings is 1. The molecule has 8 heteroatoms. The molecule has 0 aliphatic carbocycles. The van der Waals surface area contributed by atoms with E-state index in [-0.39, 0.29) is 5.75 Å². The van der Waals surface area contributed by atoms with E-state index in [2.05, 4.69) is 0 Å². The lowest BCUT2D eigenvalue weighted by Crippen LogP contribution is -2.18. The molecule has 1 rings (SSSR count). The molecule has 0 bridgehead atoms. The number of rotatable bonds is 8. The third-order valence-corrected chi connectivity index (χ3v) is 5.10. The maximum Gasteiger partial charge on any atom is 0.341 e. The molecule has 0 spiro atoms. The molecule has 0 heterocycles. The maximum atomic E-state index is 13.7. The summed E-state index contributed by atoms with van der Waals surface area (Å²) in [5, 5.41) is 10.3. The van der Waals surface area contributed by atoms with Crippen LogP contribution < -0.4 is 9.84 Å². The molecule has 0 atom stereocenters. The predicted octanol–water partition coefficient (Wildman–Crippen LogP) is 3.40. The Labute approximate surface area is 137 Å². The smallest absolute Gasteiger partial charge is 0.341 e. The van der Waals surface area contributed by atoms with E-state index in [1.54, 1.807) is 6.07 Å². The molecule has 0 aliphatic rings. The van der Waals surface area contributed by atoms with Crippen molar-refractivity contribution in [2.75, 3.05) is 6.61 Å². The fraction of sp³-hybridized carbons (Fsp3) is 0.308. The molecular weight excluding hydrogens is 358 g/mol. The van der Waals surface area contributed by atoms with Gasteiger partial charge in [0.05, 0.1) is 12.6 Å². The van der Waals surface area contributed by atoms with Gasteiger partial charge >= 0.3 is 6.00 Å². The molecule has 0 aromatic heterocycles. The maximum absolute atomic E-state index is 13.7. The molecule has 0 N–H and O–H groups in total. The van der Waals surface area contributed by atoms with Gasteiger partial charge in [0.25, 0.3) is 0 Å². The van der Waals surface area contributed by atoms with Gasteiger partial charge in [-0.15, -0.1) is 33.2 Å². The molecule has 0 amide bonds. The van der Waals surface area contributed by atoms with Crippen molar-refractivity contribution in [2.24, 2.45) is 0 Å². The standard InChI is InChI=1S/C13H14Cl3FO3Si/c14-21(15,16)8-2-1-7-20-12-5-3-10(9-11(12)17)4-6-13(18)19/h3-6,9H,1-2,7-8H2,(H,18,19)/p-1/b6-4+. The Kier molecular flexibility index (Phi) is 7.52. The Morgan fingerprint density at radius 3 is 2.62 bits per heavy atom. The molecule has 1 aromatic rings. The lowest BCUT2D eigenvalue weighted by atomic mass is 10.2. The van der Waals surface area contributed by atoms with Crippen LogP contribution in [0.5, 0.6) is 5.75 Å². The van der Waals surface area contributed by atoms with Gasteiger partial charge in [-0.05, 0) is 42.7 Å². The number of unbranched alkanes of at least 4 members (excludes halogenated alkanes) is 1. The third kappa shape index (κ3) is 8.31. The Balaban J connectivity index is 2.44. The zero-order valence-corrected chi connectivity index (χ0v) is 14.2. The van der Waals surface area contributed by atoms with Crippen LogP contribution >= 0.6 is 33.2 Å². The number of halogens is 4. The molecule has 0 saturated carbocycles. The summed E-state index contributed by atoms with van der Waals surface area (Å²) in [6.07, 6.45) is 3.44. The van der Waals surface area contributed by atoms with E-state index in [9.17, 15) is 14.3 Å². The molecule has 0 fully saturated rings. The van der Waals surface area contributed by atoms with E-state index >= 15 is 0 Å². The van der Waals surface area contributed by atoms with Crippen molar-refractivity contribution in [3.63, 3.8) is 0 Å². The van der Waals surface area contributed by atoms with Gasteiger partial charge in [-0.3, -0.25) is 0 Å². The van der Waals surface area contributed by atoms with Crippen molar-refractivity contribution in [2.45, 2.75) is 18.9 Å². The van der Waals surface area contributed by atoms with Gasteiger partial charge in [0.2, 0.25) is 0 Å². The predicted molar refractivity (Wildman–Crippen MR) is 83.3 cm³/mol. The van der Waals surface area contributed by atoms with Crippen LogP contribution in [0.4, 0.5) is 4.39 Å². The van der Waals surface area contributed by atoms with Crippen LogP contribution in [0.25, 0.3) is 6.08 Å². The van der Waals surface area contributed by atoms with Gasteiger partial charge < -0.3 is 14.6 Å². The van der Waals surface area contributed by atoms with Gasteiger partial charge in [0.15, 0.2) is 11.6 Å². The van der Waals surface area contributed by atoms with Gasteiger partial charge in [-0.1, -0.05) is 12.1 Å². The highest BCUT2D eigenvalue weighted by atomic mass is 35.8. The summed E-state index contributed by atoms with van der Waals surface area (Å²) in [6.45, 7) is 0.320. The van der Waals surface area contributed by atoms with E-state index < -0.39 is 17.8 Å². The second kappa shape index (κ2) is 8.63. The minimum absolute atomic E-state index is 0.103. The number of carboxylic acid groups (broad SMARTS) is 1. The first-order valence-electron chi connectivity index (χ1n) is 6.16. The molecule has 0 unspecified atom stereocenters. The van der Waals surface area contributed by atoms with Crippen LogP contribution in [0.3, 0.4) is 0 Å². The fourth-order valence-electron chi connectivity index (χ4n) is 1.51. The van der Waals surface area contributed by atoms with E-state index in [1.807, 2.05) is 0 Å². The first kappa shape index (κ1) is 18.3. The summed E-state index contributed by atoms with van der Waals surface area (Å²) in [4.78, 5) is 10.3. The van der Waals surface area contributed by atoms with Crippen LogP contribution in [0, 0.1) is 5.82 Å². The summed E-state index contributed by atoms with van der Waals surface area (Å²) in [7, 11) is 0.